The smallest absolute Gasteiger partial charge is 0.308 e. The molecule has 6 nitrogen and oxygen atoms in total. The van der Waals surface area contributed by atoms with Crippen LogP contribution < -0.4 is 5.32 Å². The molecule has 5 aromatic rings. The Kier molecular flexibility index (Phi) is 5.19. The monoisotopic (exact) mass is 459 g/mol. The molecule has 1 N–H and O–H groups in total. The number of anilines is 1. The van der Waals surface area contributed by atoms with Gasteiger partial charge < -0.3 is 14.8 Å². The van der Waals surface area contributed by atoms with Gasteiger partial charge in [-0.05, 0) is 48.9 Å². The van der Waals surface area contributed by atoms with Crippen LogP contribution in [0.25, 0.3) is 11.5 Å². The van der Waals surface area contributed by atoms with Crippen molar-refractivity contribution in [3.8, 4) is 11.5 Å². The molecule has 1 aliphatic rings. The van der Waals surface area contributed by atoms with E-state index in [0.29, 0.717) is 6.54 Å². The normalized spacial score (nSPS) is 14.7. The van der Waals surface area contributed by atoms with Crippen LogP contribution >= 0.6 is 0 Å². The lowest BCUT2D eigenvalue weighted by molar-refractivity contribution is 0.194. The van der Waals surface area contributed by atoms with Crippen molar-refractivity contribution in [1.82, 2.24) is 19.2 Å². The van der Waals surface area contributed by atoms with Crippen LogP contribution in [0, 0.1) is 6.92 Å². The number of amides is 2. The van der Waals surface area contributed by atoms with E-state index >= 15 is 0 Å². The van der Waals surface area contributed by atoms with Crippen molar-refractivity contribution >= 4 is 11.7 Å². The van der Waals surface area contributed by atoms with E-state index in [0.717, 1.165) is 39.7 Å². The summed E-state index contributed by atoms with van der Waals surface area (Å²) in [6.07, 6.45) is 2.06. The lowest BCUT2D eigenvalue weighted by atomic mass is 10.0. The fourth-order valence-corrected chi connectivity index (χ4v) is 4.85. The summed E-state index contributed by atoms with van der Waals surface area (Å²) in [5.74, 6) is 0.963. The zero-order chi connectivity index (χ0) is 23.8. The third-order valence-corrected chi connectivity index (χ3v) is 6.49. The fourth-order valence-electron chi connectivity index (χ4n) is 4.85. The SMILES string of the molecule is Cc1nn(-c2ccccc2)c2c1CN(C(=O)Nc1ccccc1)[C@H](c1ccccc1)c1cccn1-2. The zero-order valence-electron chi connectivity index (χ0n) is 19.4. The quantitative estimate of drug-likeness (QED) is 0.354. The molecule has 0 saturated heterocycles. The Morgan fingerprint density at radius 2 is 1.51 bits per heavy atom. The summed E-state index contributed by atoms with van der Waals surface area (Å²) in [5, 5.41) is 8.00. The lowest BCUT2D eigenvalue weighted by Crippen LogP contribution is -2.38. The number of hydrogen-bond acceptors (Lipinski definition) is 2. The van der Waals surface area contributed by atoms with Gasteiger partial charge in [-0.15, -0.1) is 0 Å². The van der Waals surface area contributed by atoms with E-state index < -0.39 is 0 Å². The molecule has 0 radical (unpaired) electrons. The van der Waals surface area contributed by atoms with Crippen molar-refractivity contribution in [2.45, 2.75) is 19.5 Å². The van der Waals surface area contributed by atoms with Gasteiger partial charge in [-0.3, -0.25) is 0 Å². The molecule has 1 aliphatic heterocycles. The molecule has 0 aliphatic carbocycles. The summed E-state index contributed by atoms with van der Waals surface area (Å²) >= 11 is 0. The van der Waals surface area contributed by atoms with E-state index in [1.807, 2.05) is 89.3 Å². The highest BCUT2D eigenvalue weighted by Crippen LogP contribution is 2.38. The van der Waals surface area contributed by atoms with E-state index in [2.05, 4.69) is 46.4 Å². The minimum absolute atomic E-state index is 0.155. The third-order valence-electron chi connectivity index (χ3n) is 6.49. The number of rotatable bonds is 3. The molecule has 35 heavy (non-hydrogen) atoms. The molecule has 172 valence electrons. The van der Waals surface area contributed by atoms with E-state index in [1.54, 1.807) is 0 Å². The second kappa shape index (κ2) is 8.65. The Morgan fingerprint density at radius 1 is 0.857 bits per heavy atom. The molecule has 0 unspecified atom stereocenters. The van der Waals surface area contributed by atoms with Crippen molar-refractivity contribution in [2.24, 2.45) is 0 Å². The second-order valence-corrected chi connectivity index (χ2v) is 8.68. The van der Waals surface area contributed by atoms with Crippen molar-refractivity contribution in [2.75, 3.05) is 5.32 Å². The van der Waals surface area contributed by atoms with Gasteiger partial charge in [-0.2, -0.15) is 5.10 Å². The van der Waals surface area contributed by atoms with Gasteiger partial charge in [-0.1, -0.05) is 66.7 Å². The van der Waals surface area contributed by atoms with Gasteiger partial charge in [0.1, 0.15) is 5.82 Å². The highest BCUT2D eigenvalue weighted by atomic mass is 16.2. The molecule has 0 bridgehead atoms. The van der Waals surface area contributed by atoms with Crippen LogP contribution in [-0.4, -0.2) is 25.3 Å². The molecular weight excluding hydrogens is 434 g/mol. The summed E-state index contributed by atoms with van der Waals surface area (Å²) < 4.78 is 4.16. The van der Waals surface area contributed by atoms with Crippen LogP contribution in [0.4, 0.5) is 10.5 Å². The van der Waals surface area contributed by atoms with Gasteiger partial charge in [0.05, 0.1) is 29.7 Å². The molecule has 3 aromatic carbocycles. The van der Waals surface area contributed by atoms with E-state index in [1.165, 1.54) is 0 Å². The van der Waals surface area contributed by atoms with Crippen molar-refractivity contribution in [3.05, 3.63) is 132 Å². The molecule has 3 heterocycles. The number of carbonyl (C=O) groups excluding carboxylic acids is 1. The van der Waals surface area contributed by atoms with Crippen LogP contribution in [0.3, 0.4) is 0 Å². The summed E-state index contributed by atoms with van der Waals surface area (Å²) in [5.41, 5.74) is 5.73. The number of benzene rings is 3. The highest BCUT2D eigenvalue weighted by molar-refractivity contribution is 5.90. The maximum absolute atomic E-state index is 13.8. The van der Waals surface area contributed by atoms with Crippen LogP contribution in [0.1, 0.15) is 28.6 Å². The average Bonchev–Trinajstić information content (AvgIpc) is 3.46. The van der Waals surface area contributed by atoms with Gasteiger partial charge in [0.15, 0.2) is 0 Å². The molecular formula is C29H25N5O. The van der Waals surface area contributed by atoms with E-state index in [-0.39, 0.29) is 12.1 Å². The predicted molar refractivity (Wildman–Crippen MR) is 137 cm³/mol. The number of nitrogens with zero attached hydrogens (tertiary/aromatic N) is 4. The summed E-state index contributed by atoms with van der Waals surface area (Å²) in [6.45, 7) is 2.44. The summed E-state index contributed by atoms with van der Waals surface area (Å²) in [6, 6.07) is 33.6. The van der Waals surface area contributed by atoms with Crippen molar-refractivity contribution in [1.29, 1.82) is 0 Å². The van der Waals surface area contributed by atoms with Crippen molar-refractivity contribution < 1.29 is 4.79 Å². The minimum Gasteiger partial charge on any atom is -0.308 e. The second-order valence-electron chi connectivity index (χ2n) is 8.68. The number of fused-ring (bicyclic) bond motifs is 3. The van der Waals surface area contributed by atoms with Gasteiger partial charge >= 0.3 is 6.03 Å². The topological polar surface area (TPSA) is 55.1 Å². The third kappa shape index (κ3) is 3.69. The van der Waals surface area contributed by atoms with E-state index in [9.17, 15) is 4.79 Å². The zero-order valence-corrected chi connectivity index (χ0v) is 19.4. The maximum atomic E-state index is 13.8. The van der Waals surface area contributed by atoms with Gasteiger partial charge in [-0.25, -0.2) is 9.48 Å². The number of para-hydroxylation sites is 2. The first-order valence-electron chi connectivity index (χ1n) is 11.7. The molecule has 6 rings (SSSR count). The number of hydrogen-bond donors (Lipinski definition) is 1. The number of nitrogens with one attached hydrogen (secondary N) is 1. The Morgan fingerprint density at radius 3 is 2.23 bits per heavy atom. The highest BCUT2D eigenvalue weighted by Gasteiger charge is 2.35. The molecule has 6 heteroatoms. The number of aromatic nitrogens is 3. The van der Waals surface area contributed by atoms with Crippen LogP contribution in [0.2, 0.25) is 0 Å². The first-order chi connectivity index (χ1) is 17.2. The van der Waals surface area contributed by atoms with Crippen LogP contribution in [-0.2, 0) is 6.54 Å². The average molecular weight is 460 g/mol. The molecule has 0 saturated carbocycles. The minimum atomic E-state index is -0.272. The molecule has 2 aromatic heterocycles. The van der Waals surface area contributed by atoms with Gasteiger partial charge in [0, 0.05) is 17.4 Å². The number of aryl methyl sites for hydroxylation is 1. The Labute approximate surface area is 204 Å². The van der Waals surface area contributed by atoms with E-state index in [4.69, 9.17) is 5.10 Å². The van der Waals surface area contributed by atoms with Crippen LogP contribution in [0.5, 0.6) is 0 Å². The summed E-state index contributed by atoms with van der Waals surface area (Å²) in [4.78, 5) is 15.7. The van der Waals surface area contributed by atoms with Gasteiger partial charge in [0.25, 0.3) is 0 Å². The van der Waals surface area contributed by atoms with Crippen LogP contribution in [0.15, 0.2) is 109 Å². The molecule has 1 atom stereocenters. The Hall–Kier alpha value is -4.58. The Balaban J connectivity index is 1.54. The van der Waals surface area contributed by atoms with Gasteiger partial charge in [0.2, 0.25) is 0 Å². The molecule has 0 spiro atoms. The fraction of sp³-hybridized carbons (Fsp3) is 0.103. The lowest BCUT2D eigenvalue weighted by Gasteiger charge is -2.31. The Bertz CT molecular complexity index is 1470. The number of carbonyl (C=O) groups is 1. The first kappa shape index (κ1) is 21.0. The number of urea groups is 1. The standard InChI is InChI=1S/C29H25N5O/c1-21-25-20-33(29(35)30-23-14-7-3-8-15-23)27(22-12-5-2-6-13-22)26-18-11-19-32(26)28(25)34(31-21)24-16-9-4-10-17-24/h2-19,27H,20H2,1H3,(H,30,35)/t27-/m1/s1. The largest absolute Gasteiger partial charge is 0.322 e. The first-order valence-corrected chi connectivity index (χ1v) is 11.7. The molecule has 0 fully saturated rings. The molecule has 2 amide bonds. The maximum Gasteiger partial charge on any atom is 0.322 e. The summed E-state index contributed by atoms with van der Waals surface area (Å²) in [7, 11) is 0. The predicted octanol–water partition coefficient (Wildman–Crippen LogP) is 6.11. The van der Waals surface area contributed by atoms with Crippen molar-refractivity contribution in [3.63, 3.8) is 0 Å².